The Morgan fingerprint density at radius 3 is 2.71 bits per heavy atom. The first kappa shape index (κ1) is 32.6. The van der Waals surface area contributed by atoms with Crippen LogP contribution in [0.1, 0.15) is 51.3 Å². The van der Waals surface area contributed by atoms with Gasteiger partial charge in [0.1, 0.15) is 18.9 Å². The Hall–Kier alpha value is -3.94. The number of benzene rings is 1. The van der Waals surface area contributed by atoms with E-state index in [9.17, 15) is 14.4 Å². The number of nitrogens with zero attached hydrogens (tertiary/aromatic N) is 3. The summed E-state index contributed by atoms with van der Waals surface area (Å²) in [5.74, 6) is -0.212. The van der Waals surface area contributed by atoms with E-state index in [0.717, 1.165) is 23.6 Å². The molecule has 4 N–H and O–H groups in total. The minimum Gasteiger partial charge on any atom is -0.399 e. The van der Waals surface area contributed by atoms with Crippen molar-refractivity contribution in [2.24, 2.45) is 5.16 Å². The highest BCUT2D eigenvalue weighted by Crippen LogP contribution is 2.29. The summed E-state index contributed by atoms with van der Waals surface area (Å²) in [6.45, 7) is 6.19. The average Bonchev–Trinajstić information content (AvgIpc) is 3.37. The lowest BCUT2D eigenvalue weighted by molar-refractivity contribution is -0.120. The van der Waals surface area contributed by atoms with Crippen LogP contribution < -0.4 is 27.2 Å². The number of nitrogens with one attached hydrogen (secondary N) is 2. The number of nitrogens with two attached hydrogens (primary N) is 1. The molecule has 2 heterocycles. The Labute approximate surface area is 245 Å². The maximum atomic E-state index is 12.4. The fourth-order valence-electron chi connectivity index (χ4n) is 4.58. The van der Waals surface area contributed by atoms with E-state index in [1.165, 1.54) is 23.0 Å². The number of amides is 1. The highest BCUT2D eigenvalue weighted by molar-refractivity contribution is 5.82. The Balaban J connectivity index is 1.42. The van der Waals surface area contributed by atoms with Crippen molar-refractivity contribution in [1.82, 2.24) is 14.9 Å². The molecule has 230 valence electrons. The van der Waals surface area contributed by atoms with Gasteiger partial charge in [0.2, 0.25) is 5.91 Å². The Bertz CT molecular complexity index is 1320. The molecule has 0 spiro atoms. The van der Waals surface area contributed by atoms with Crippen LogP contribution in [-0.2, 0) is 23.8 Å². The van der Waals surface area contributed by atoms with E-state index >= 15 is 0 Å². The van der Waals surface area contributed by atoms with Gasteiger partial charge >= 0.3 is 5.69 Å². The molecule has 3 rings (SSSR count). The van der Waals surface area contributed by atoms with Crippen LogP contribution in [-0.4, -0.2) is 73.9 Å². The van der Waals surface area contributed by atoms with Crippen molar-refractivity contribution in [2.75, 3.05) is 51.2 Å². The van der Waals surface area contributed by atoms with Gasteiger partial charge in [-0.3, -0.25) is 19.1 Å². The van der Waals surface area contributed by atoms with Gasteiger partial charge in [0.25, 0.3) is 5.56 Å². The van der Waals surface area contributed by atoms with Crippen molar-refractivity contribution in [2.45, 2.75) is 58.0 Å². The van der Waals surface area contributed by atoms with Crippen LogP contribution in [0.15, 0.2) is 51.4 Å². The maximum Gasteiger partial charge on any atom is 0.330 e. The third-order valence-corrected chi connectivity index (χ3v) is 6.88. The number of likely N-dealkylation sites (N-methyl/N-ethyl adjacent to an activating group) is 1. The molecule has 1 aromatic heterocycles. The molecule has 1 aliphatic heterocycles. The van der Waals surface area contributed by atoms with Gasteiger partial charge in [-0.2, -0.15) is 0 Å². The van der Waals surface area contributed by atoms with Crippen molar-refractivity contribution in [3.05, 3.63) is 63.1 Å². The van der Waals surface area contributed by atoms with Crippen LogP contribution in [0.25, 0.3) is 6.08 Å². The van der Waals surface area contributed by atoms with E-state index in [4.69, 9.17) is 24.8 Å². The third kappa shape index (κ3) is 9.57. The topological polar surface area (TPSA) is 162 Å². The number of oxime groups is 1. The number of hydrogen-bond acceptors (Lipinski definition) is 10. The zero-order valence-electron chi connectivity index (χ0n) is 24.7. The van der Waals surface area contributed by atoms with E-state index < -0.39 is 17.5 Å². The zero-order chi connectivity index (χ0) is 30.5. The first-order valence-electron chi connectivity index (χ1n) is 14.0. The van der Waals surface area contributed by atoms with Gasteiger partial charge in [0.15, 0.2) is 0 Å². The van der Waals surface area contributed by atoms with Crippen LogP contribution in [0.5, 0.6) is 0 Å². The number of methoxy groups -OCH3 is 2. The summed E-state index contributed by atoms with van der Waals surface area (Å²) in [4.78, 5) is 47.0. The second kappa shape index (κ2) is 16.5. The summed E-state index contributed by atoms with van der Waals surface area (Å²) >= 11 is 0. The fraction of sp³-hybridized carbons (Fsp3) is 0.517. The predicted octanol–water partition coefficient (Wildman–Crippen LogP) is 2.24. The summed E-state index contributed by atoms with van der Waals surface area (Å²) < 4.78 is 17.8. The first-order valence-corrected chi connectivity index (χ1v) is 14.0. The molecular weight excluding hydrogens is 544 g/mol. The Morgan fingerprint density at radius 1 is 1.26 bits per heavy atom. The van der Waals surface area contributed by atoms with Crippen molar-refractivity contribution >= 4 is 29.1 Å². The highest BCUT2D eigenvalue weighted by atomic mass is 16.6. The maximum absolute atomic E-state index is 12.4. The molecule has 13 heteroatoms. The summed E-state index contributed by atoms with van der Waals surface area (Å²) in [6.07, 6.45) is 4.89. The minimum atomic E-state index is -0.621. The van der Waals surface area contributed by atoms with E-state index in [1.807, 2.05) is 31.2 Å². The van der Waals surface area contributed by atoms with E-state index in [1.54, 1.807) is 14.2 Å². The molecule has 1 amide bonds. The zero-order valence-corrected chi connectivity index (χ0v) is 24.7. The van der Waals surface area contributed by atoms with Crippen molar-refractivity contribution in [3.63, 3.8) is 0 Å². The number of rotatable bonds is 16. The van der Waals surface area contributed by atoms with Crippen LogP contribution in [0.2, 0.25) is 0 Å². The fourth-order valence-corrected chi connectivity index (χ4v) is 4.58. The first-order chi connectivity index (χ1) is 20.2. The molecule has 0 bridgehead atoms. The minimum absolute atomic E-state index is 0.195. The van der Waals surface area contributed by atoms with E-state index in [-0.39, 0.29) is 30.1 Å². The standard InChI is InChI=1S/C29H42N6O7/c1-5-34(23-11-9-22(30)10-12-23)15-16-41-33-20(2)7-6-8-26(36)31-14-13-21-18-35(29(38)32-28(21)37)27-17-24(40-4)25(42-27)19-39-3/h9-14,18,24-25,27H,5-8,15-17,19,30H2,1-4H3,(H,31,36)(H,32,37,38). The van der Waals surface area contributed by atoms with Crippen LogP contribution in [0, 0.1) is 0 Å². The van der Waals surface area contributed by atoms with Gasteiger partial charge in [0.05, 0.1) is 30.5 Å². The molecule has 0 saturated carbocycles. The summed E-state index contributed by atoms with van der Waals surface area (Å²) in [6, 6.07) is 7.70. The normalized spacial score (nSPS) is 18.9. The molecule has 3 atom stereocenters. The van der Waals surface area contributed by atoms with Crippen LogP contribution in [0.3, 0.4) is 0 Å². The van der Waals surface area contributed by atoms with Gasteiger partial charge in [-0.1, -0.05) is 5.16 Å². The quantitative estimate of drug-likeness (QED) is 0.116. The largest absolute Gasteiger partial charge is 0.399 e. The molecule has 0 radical (unpaired) electrons. The van der Waals surface area contributed by atoms with Crippen molar-refractivity contribution in [1.29, 1.82) is 0 Å². The van der Waals surface area contributed by atoms with Gasteiger partial charge < -0.3 is 35.0 Å². The lowest BCUT2D eigenvalue weighted by Gasteiger charge is -2.22. The number of ether oxygens (including phenoxy) is 3. The van der Waals surface area contributed by atoms with Crippen LogP contribution >= 0.6 is 0 Å². The van der Waals surface area contributed by atoms with Crippen molar-refractivity contribution in [3.8, 4) is 0 Å². The van der Waals surface area contributed by atoms with Crippen LogP contribution in [0.4, 0.5) is 11.4 Å². The summed E-state index contributed by atoms with van der Waals surface area (Å²) in [5, 5.41) is 6.81. The average molecular weight is 587 g/mol. The number of anilines is 2. The van der Waals surface area contributed by atoms with E-state index in [0.29, 0.717) is 39.0 Å². The highest BCUT2D eigenvalue weighted by Gasteiger charge is 2.37. The Morgan fingerprint density at radius 2 is 2.02 bits per heavy atom. The van der Waals surface area contributed by atoms with Gasteiger partial charge in [-0.25, -0.2) is 4.79 Å². The molecule has 1 aliphatic rings. The molecule has 1 aromatic carbocycles. The number of hydrogen-bond donors (Lipinski definition) is 3. The molecule has 13 nitrogen and oxygen atoms in total. The second-order valence-electron chi connectivity index (χ2n) is 9.93. The number of aromatic nitrogens is 2. The number of aromatic amines is 1. The number of carbonyl (C=O) groups excluding carboxylic acids is 1. The molecule has 1 saturated heterocycles. The molecule has 3 unspecified atom stereocenters. The smallest absolute Gasteiger partial charge is 0.330 e. The summed E-state index contributed by atoms with van der Waals surface area (Å²) in [5.41, 5.74) is 7.38. The molecule has 0 aliphatic carbocycles. The SMILES string of the molecule is CCN(CCON=C(C)CCCC(=O)NC=Cc1cn(C2CC(OC)C(COC)O2)c(=O)[nH]c1=O)c1ccc(N)cc1. The molecule has 1 fully saturated rings. The lowest BCUT2D eigenvalue weighted by Crippen LogP contribution is -2.33. The number of carbonyl (C=O) groups is 1. The molecular formula is C29H42N6O7. The third-order valence-electron chi connectivity index (χ3n) is 6.88. The monoisotopic (exact) mass is 586 g/mol. The van der Waals surface area contributed by atoms with Gasteiger partial charge in [-0.05, 0) is 57.0 Å². The second-order valence-corrected chi connectivity index (χ2v) is 9.93. The number of nitrogen functional groups attached to an aromatic ring is 1. The Kier molecular flexibility index (Phi) is 12.8. The predicted molar refractivity (Wildman–Crippen MR) is 161 cm³/mol. The van der Waals surface area contributed by atoms with Gasteiger partial charge in [0, 0.05) is 57.4 Å². The lowest BCUT2D eigenvalue weighted by atomic mass is 10.2. The number of H-pyrrole nitrogens is 1. The van der Waals surface area contributed by atoms with Gasteiger partial charge in [-0.15, -0.1) is 0 Å². The van der Waals surface area contributed by atoms with Crippen molar-refractivity contribution < 1.29 is 23.8 Å². The molecule has 2 aromatic rings. The van der Waals surface area contributed by atoms with E-state index in [2.05, 4.69) is 27.3 Å². The molecule has 42 heavy (non-hydrogen) atoms. The summed E-state index contributed by atoms with van der Waals surface area (Å²) in [7, 11) is 3.13.